The zero-order chi connectivity index (χ0) is 12.8. The van der Waals surface area contributed by atoms with Crippen molar-refractivity contribution >= 4 is 5.69 Å². The van der Waals surface area contributed by atoms with Gasteiger partial charge in [0, 0.05) is 31.3 Å². The molecule has 1 atom stereocenters. The summed E-state index contributed by atoms with van der Waals surface area (Å²) in [6.45, 7) is 6.93. The molecule has 1 N–H and O–H groups in total. The first-order valence-corrected chi connectivity index (χ1v) is 6.90. The maximum Gasteiger partial charge on any atom is 0.0593 e. The van der Waals surface area contributed by atoms with Crippen LogP contribution < -0.4 is 5.32 Å². The van der Waals surface area contributed by atoms with Crippen molar-refractivity contribution in [2.45, 2.75) is 19.3 Å². The molecule has 0 saturated heterocycles. The molecule has 1 aliphatic heterocycles. The predicted molar refractivity (Wildman–Crippen MR) is 76.3 cm³/mol. The molecule has 3 nitrogen and oxygen atoms in total. The summed E-state index contributed by atoms with van der Waals surface area (Å²) in [6, 6.07) is 8.66. The highest BCUT2D eigenvalue weighted by Crippen LogP contribution is 2.33. The van der Waals surface area contributed by atoms with E-state index in [1.54, 1.807) is 0 Å². The average Bonchev–Trinajstić information content (AvgIpc) is 2.80. The third-order valence-corrected chi connectivity index (χ3v) is 3.62. The Bertz CT molecular complexity index is 367. The van der Waals surface area contributed by atoms with Crippen LogP contribution in [0.25, 0.3) is 0 Å². The summed E-state index contributed by atoms with van der Waals surface area (Å²) in [5.74, 6) is 0.663. The summed E-state index contributed by atoms with van der Waals surface area (Å²) in [7, 11) is 2.17. The fourth-order valence-electron chi connectivity index (χ4n) is 2.47. The van der Waals surface area contributed by atoms with E-state index in [2.05, 4.69) is 41.5 Å². The lowest BCUT2D eigenvalue weighted by molar-refractivity contribution is 0.121. The fourth-order valence-corrected chi connectivity index (χ4v) is 2.47. The molecule has 2 rings (SSSR count). The number of para-hydroxylation sites is 1. The molecule has 0 aliphatic carbocycles. The van der Waals surface area contributed by atoms with Crippen molar-refractivity contribution in [1.82, 2.24) is 4.90 Å². The molecule has 1 aromatic rings. The van der Waals surface area contributed by atoms with Crippen molar-refractivity contribution < 1.29 is 4.74 Å². The number of benzene rings is 1. The van der Waals surface area contributed by atoms with E-state index in [0.717, 1.165) is 32.8 Å². The molecule has 1 aromatic carbocycles. The third kappa shape index (κ3) is 3.47. The van der Waals surface area contributed by atoms with Crippen LogP contribution in [0.3, 0.4) is 0 Å². The lowest BCUT2D eigenvalue weighted by Crippen LogP contribution is -2.25. The van der Waals surface area contributed by atoms with E-state index in [0.29, 0.717) is 5.92 Å². The van der Waals surface area contributed by atoms with Crippen molar-refractivity contribution in [2.75, 3.05) is 45.2 Å². The lowest BCUT2D eigenvalue weighted by atomic mass is 9.98. The SMILES string of the molecule is CCOCCN(C)CCC1CNc2ccccc21. The molecular formula is C15H24N2O. The lowest BCUT2D eigenvalue weighted by Gasteiger charge is -2.18. The van der Waals surface area contributed by atoms with Gasteiger partial charge in [0.2, 0.25) is 0 Å². The van der Waals surface area contributed by atoms with Gasteiger partial charge in [0.05, 0.1) is 6.61 Å². The number of nitrogens with zero attached hydrogens (tertiary/aromatic N) is 1. The van der Waals surface area contributed by atoms with Gasteiger partial charge in [-0.3, -0.25) is 0 Å². The molecule has 1 unspecified atom stereocenters. The van der Waals surface area contributed by atoms with E-state index in [4.69, 9.17) is 4.74 Å². The van der Waals surface area contributed by atoms with Gasteiger partial charge in [-0.2, -0.15) is 0 Å². The molecule has 0 amide bonds. The highest BCUT2D eigenvalue weighted by atomic mass is 16.5. The summed E-state index contributed by atoms with van der Waals surface area (Å²) in [6.07, 6.45) is 1.21. The number of hydrogen-bond acceptors (Lipinski definition) is 3. The molecule has 1 aliphatic rings. The van der Waals surface area contributed by atoms with Crippen LogP contribution in [0, 0.1) is 0 Å². The van der Waals surface area contributed by atoms with Crippen molar-refractivity contribution in [3.63, 3.8) is 0 Å². The Morgan fingerprint density at radius 1 is 1.33 bits per heavy atom. The largest absolute Gasteiger partial charge is 0.384 e. The maximum atomic E-state index is 5.38. The Morgan fingerprint density at radius 2 is 2.17 bits per heavy atom. The van der Waals surface area contributed by atoms with Crippen LogP contribution in [0.15, 0.2) is 24.3 Å². The topological polar surface area (TPSA) is 24.5 Å². The minimum atomic E-state index is 0.663. The summed E-state index contributed by atoms with van der Waals surface area (Å²) in [4.78, 5) is 2.36. The Labute approximate surface area is 110 Å². The zero-order valence-electron chi connectivity index (χ0n) is 11.5. The first-order valence-electron chi connectivity index (χ1n) is 6.90. The zero-order valence-corrected chi connectivity index (χ0v) is 11.5. The van der Waals surface area contributed by atoms with Crippen LogP contribution >= 0.6 is 0 Å². The number of hydrogen-bond donors (Lipinski definition) is 1. The van der Waals surface area contributed by atoms with E-state index in [9.17, 15) is 0 Å². The van der Waals surface area contributed by atoms with Gasteiger partial charge in [0.1, 0.15) is 0 Å². The van der Waals surface area contributed by atoms with E-state index >= 15 is 0 Å². The summed E-state index contributed by atoms with van der Waals surface area (Å²) < 4.78 is 5.38. The smallest absolute Gasteiger partial charge is 0.0593 e. The van der Waals surface area contributed by atoms with Crippen LogP contribution in [-0.4, -0.2) is 44.8 Å². The molecule has 100 valence electrons. The van der Waals surface area contributed by atoms with Crippen LogP contribution in [0.5, 0.6) is 0 Å². The molecule has 0 aromatic heterocycles. The van der Waals surface area contributed by atoms with Gasteiger partial charge in [0.15, 0.2) is 0 Å². The van der Waals surface area contributed by atoms with Gasteiger partial charge in [-0.1, -0.05) is 18.2 Å². The van der Waals surface area contributed by atoms with Gasteiger partial charge in [-0.15, -0.1) is 0 Å². The average molecular weight is 248 g/mol. The van der Waals surface area contributed by atoms with Crippen LogP contribution in [0.2, 0.25) is 0 Å². The van der Waals surface area contributed by atoms with Gasteiger partial charge in [-0.25, -0.2) is 0 Å². The number of likely N-dealkylation sites (N-methyl/N-ethyl adjacent to an activating group) is 1. The normalized spacial score (nSPS) is 17.8. The number of fused-ring (bicyclic) bond motifs is 1. The number of nitrogens with one attached hydrogen (secondary N) is 1. The van der Waals surface area contributed by atoms with E-state index < -0.39 is 0 Å². The monoisotopic (exact) mass is 248 g/mol. The highest BCUT2D eigenvalue weighted by Gasteiger charge is 2.21. The second-order valence-corrected chi connectivity index (χ2v) is 4.95. The maximum absolute atomic E-state index is 5.38. The van der Waals surface area contributed by atoms with Gasteiger partial charge in [0.25, 0.3) is 0 Å². The van der Waals surface area contributed by atoms with E-state index in [-0.39, 0.29) is 0 Å². The Hall–Kier alpha value is -1.06. The van der Waals surface area contributed by atoms with Gasteiger partial charge >= 0.3 is 0 Å². The van der Waals surface area contributed by atoms with Crippen molar-refractivity contribution in [1.29, 1.82) is 0 Å². The first-order chi connectivity index (χ1) is 8.81. The predicted octanol–water partition coefficient (Wildman–Crippen LogP) is 2.55. The van der Waals surface area contributed by atoms with Crippen LogP contribution in [0.1, 0.15) is 24.8 Å². The van der Waals surface area contributed by atoms with Crippen LogP contribution in [0.4, 0.5) is 5.69 Å². The molecule has 0 fully saturated rings. The van der Waals surface area contributed by atoms with E-state index in [1.807, 2.05) is 6.92 Å². The number of anilines is 1. The van der Waals surface area contributed by atoms with E-state index in [1.165, 1.54) is 17.7 Å². The molecule has 0 radical (unpaired) electrons. The van der Waals surface area contributed by atoms with Crippen molar-refractivity contribution in [3.05, 3.63) is 29.8 Å². The fraction of sp³-hybridized carbons (Fsp3) is 0.600. The van der Waals surface area contributed by atoms with Crippen molar-refractivity contribution in [2.24, 2.45) is 0 Å². The molecule has 0 bridgehead atoms. The minimum absolute atomic E-state index is 0.663. The molecule has 1 heterocycles. The molecule has 0 saturated carbocycles. The summed E-state index contributed by atoms with van der Waals surface area (Å²) >= 11 is 0. The Balaban J connectivity index is 1.75. The molecular weight excluding hydrogens is 224 g/mol. The molecule has 3 heteroatoms. The first kappa shape index (κ1) is 13.4. The minimum Gasteiger partial charge on any atom is -0.384 e. The second-order valence-electron chi connectivity index (χ2n) is 4.95. The Kier molecular flexibility index (Phi) is 5.02. The summed E-state index contributed by atoms with van der Waals surface area (Å²) in [5, 5.41) is 3.48. The van der Waals surface area contributed by atoms with Gasteiger partial charge < -0.3 is 15.0 Å². The van der Waals surface area contributed by atoms with Gasteiger partial charge in [-0.05, 0) is 38.6 Å². The molecule has 0 spiro atoms. The molecule has 18 heavy (non-hydrogen) atoms. The Morgan fingerprint density at radius 3 is 3.00 bits per heavy atom. The summed E-state index contributed by atoms with van der Waals surface area (Å²) in [5.41, 5.74) is 2.80. The number of ether oxygens (including phenoxy) is 1. The highest BCUT2D eigenvalue weighted by molar-refractivity contribution is 5.57. The second kappa shape index (κ2) is 6.76. The number of rotatable bonds is 7. The standard InChI is InChI=1S/C15H24N2O/c1-3-18-11-10-17(2)9-8-13-12-16-15-7-5-4-6-14(13)15/h4-7,13,16H,3,8-12H2,1-2H3. The quantitative estimate of drug-likeness (QED) is 0.751. The third-order valence-electron chi connectivity index (χ3n) is 3.62. The van der Waals surface area contributed by atoms with Crippen molar-refractivity contribution in [3.8, 4) is 0 Å². The van der Waals surface area contributed by atoms with Crippen LogP contribution in [-0.2, 0) is 4.74 Å².